The van der Waals surface area contributed by atoms with E-state index in [1.807, 2.05) is 13.8 Å². The summed E-state index contributed by atoms with van der Waals surface area (Å²) in [5, 5.41) is 14.1. The minimum Gasteiger partial charge on any atom is -0.490 e. The molecule has 1 saturated carbocycles. The number of nitrogens with two attached hydrogens (primary N) is 1. The SMILES string of the molecule is COCCCOc1cc(CC(CC(N)C(O)CC(C(=O)NCC23CC2CCO3)C(C)C)C(C)C)ccc1F. The van der Waals surface area contributed by atoms with Crippen molar-refractivity contribution in [2.45, 2.75) is 84.0 Å². The number of hydrogen-bond acceptors (Lipinski definition) is 6. The molecule has 6 atom stereocenters. The maximum absolute atomic E-state index is 14.3. The number of ether oxygens (including phenoxy) is 3. The Hall–Kier alpha value is -1.74. The third kappa shape index (κ3) is 8.38. The number of nitrogens with one attached hydrogen (secondary N) is 1. The van der Waals surface area contributed by atoms with Crippen LogP contribution in [-0.2, 0) is 20.7 Å². The smallest absolute Gasteiger partial charge is 0.223 e. The Morgan fingerprint density at radius 1 is 1.24 bits per heavy atom. The number of hydrogen-bond donors (Lipinski definition) is 3. The van der Waals surface area contributed by atoms with Crippen LogP contribution in [0.15, 0.2) is 18.2 Å². The van der Waals surface area contributed by atoms with E-state index in [0.29, 0.717) is 57.3 Å². The molecule has 2 fully saturated rings. The maximum Gasteiger partial charge on any atom is 0.223 e. The molecule has 1 aliphatic heterocycles. The third-order valence-electron chi connectivity index (χ3n) is 8.49. The zero-order valence-electron chi connectivity index (χ0n) is 23.9. The zero-order valence-corrected chi connectivity index (χ0v) is 23.9. The van der Waals surface area contributed by atoms with E-state index in [4.69, 9.17) is 19.9 Å². The van der Waals surface area contributed by atoms with Gasteiger partial charge in [-0.2, -0.15) is 0 Å². The second-order valence-electron chi connectivity index (χ2n) is 12.0. The van der Waals surface area contributed by atoms with E-state index in [0.717, 1.165) is 25.0 Å². The van der Waals surface area contributed by atoms with Crippen molar-refractivity contribution < 1.29 is 28.5 Å². The van der Waals surface area contributed by atoms with Gasteiger partial charge < -0.3 is 30.4 Å². The van der Waals surface area contributed by atoms with Gasteiger partial charge in [-0.3, -0.25) is 4.79 Å². The Labute approximate surface area is 228 Å². The molecule has 1 aromatic carbocycles. The standard InChI is InChI=1S/C30H49FN2O5/c1-19(2)22(13-21-7-8-25(31)28(14-21)37-11-6-10-36-5)15-26(32)27(34)16-24(20(3)4)29(35)33-18-30-17-23(30)9-12-38-30/h7-8,14,19-20,22-24,26-27,34H,6,9-13,15-18,32H2,1-5H3,(H,33,35). The lowest BCUT2D eigenvalue weighted by atomic mass is 9.81. The number of carbonyl (C=O) groups is 1. The summed E-state index contributed by atoms with van der Waals surface area (Å²) in [6.45, 7) is 10.6. The fraction of sp³-hybridized carbons (Fsp3) is 0.767. The fourth-order valence-corrected chi connectivity index (χ4v) is 5.63. The van der Waals surface area contributed by atoms with Crippen LogP contribution in [0.2, 0.25) is 0 Å². The van der Waals surface area contributed by atoms with Crippen molar-refractivity contribution in [2.24, 2.45) is 35.3 Å². The van der Waals surface area contributed by atoms with Crippen molar-refractivity contribution in [2.75, 3.05) is 33.5 Å². The van der Waals surface area contributed by atoms with Crippen molar-refractivity contribution in [3.63, 3.8) is 0 Å². The molecule has 8 heteroatoms. The lowest BCUT2D eigenvalue weighted by molar-refractivity contribution is -0.128. The Bertz CT molecular complexity index is 897. The van der Waals surface area contributed by atoms with E-state index in [1.165, 1.54) is 6.07 Å². The summed E-state index contributed by atoms with van der Waals surface area (Å²) < 4.78 is 30.8. The second kappa shape index (κ2) is 14.1. The number of carbonyl (C=O) groups excluding carboxylic acids is 1. The topological polar surface area (TPSA) is 103 Å². The van der Waals surface area contributed by atoms with E-state index >= 15 is 0 Å². The van der Waals surface area contributed by atoms with Crippen LogP contribution in [0.5, 0.6) is 5.75 Å². The van der Waals surface area contributed by atoms with Crippen molar-refractivity contribution in [3.05, 3.63) is 29.6 Å². The van der Waals surface area contributed by atoms with E-state index in [2.05, 4.69) is 19.2 Å². The molecule has 216 valence electrons. The van der Waals surface area contributed by atoms with E-state index < -0.39 is 12.1 Å². The van der Waals surface area contributed by atoms with Gasteiger partial charge in [-0.25, -0.2) is 4.39 Å². The first-order chi connectivity index (χ1) is 18.1. The summed E-state index contributed by atoms with van der Waals surface area (Å²) in [5.41, 5.74) is 7.33. The van der Waals surface area contributed by atoms with E-state index in [1.54, 1.807) is 19.2 Å². The first kappa shape index (κ1) is 30.8. The van der Waals surface area contributed by atoms with Crippen LogP contribution in [0.1, 0.15) is 65.4 Å². The van der Waals surface area contributed by atoms with Gasteiger partial charge in [0.2, 0.25) is 5.91 Å². The first-order valence-corrected chi connectivity index (χ1v) is 14.3. The number of amides is 1. The van der Waals surface area contributed by atoms with Gasteiger partial charge in [0.25, 0.3) is 0 Å². The molecule has 38 heavy (non-hydrogen) atoms. The van der Waals surface area contributed by atoms with E-state index in [-0.39, 0.29) is 40.8 Å². The van der Waals surface area contributed by atoms with Gasteiger partial charge in [-0.1, -0.05) is 33.8 Å². The molecule has 0 radical (unpaired) electrons. The summed E-state index contributed by atoms with van der Waals surface area (Å²) >= 11 is 0. The third-order valence-corrected chi connectivity index (χ3v) is 8.49. The summed E-state index contributed by atoms with van der Waals surface area (Å²) in [5.74, 6) is 0.659. The average Bonchev–Trinajstić information content (AvgIpc) is 3.42. The number of aliphatic hydroxyl groups excluding tert-OH is 1. The summed E-state index contributed by atoms with van der Waals surface area (Å²) in [4.78, 5) is 13.0. The van der Waals surface area contributed by atoms with Gasteiger partial charge >= 0.3 is 0 Å². The van der Waals surface area contributed by atoms with Crippen molar-refractivity contribution in [3.8, 4) is 5.75 Å². The Kier molecular flexibility index (Phi) is 11.4. The molecule has 0 aromatic heterocycles. The number of halogens is 1. The molecule has 0 spiro atoms. The maximum atomic E-state index is 14.3. The van der Waals surface area contributed by atoms with Crippen LogP contribution in [0.4, 0.5) is 4.39 Å². The molecule has 1 aliphatic carbocycles. The molecule has 1 heterocycles. The highest BCUT2D eigenvalue weighted by Gasteiger charge is 2.58. The van der Waals surface area contributed by atoms with Crippen molar-refractivity contribution >= 4 is 5.91 Å². The lowest BCUT2D eigenvalue weighted by Crippen LogP contribution is -2.44. The first-order valence-electron chi connectivity index (χ1n) is 14.3. The number of methoxy groups -OCH3 is 1. The largest absolute Gasteiger partial charge is 0.490 e. The van der Waals surface area contributed by atoms with Gasteiger partial charge in [0.1, 0.15) is 0 Å². The zero-order chi connectivity index (χ0) is 27.9. The molecule has 1 saturated heterocycles. The average molecular weight is 537 g/mol. The lowest BCUT2D eigenvalue weighted by Gasteiger charge is -2.30. The van der Waals surface area contributed by atoms with Crippen LogP contribution in [0.3, 0.4) is 0 Å². The fourth-order valence-electron chi connectivity index (χ4n) is 5.63. The Morgan fingerprint density at radius 3 is 2.61 bits per heavy atom. The molecule has 2 aliphatic rings. The molecule has 7 nitrogen and oxygen atoms in total. The second-order valence-corrected chi connectivity index (χ2v) is 12.0. The minimum atomic E-state index is -0.795. The quantitative estimate of drug-likeness (QED) is 0.259. The molecule has 1 aromatic rings. The van der Waals surface area contributed by atoms with Gasteiger partial charge in [0, 0.05) is 45.2 Å². The van der Waals surface area contributed by atoms with Crippen molar-refractivity contribution in [1.29, 1.82) is 0 Å². The monoisotopic (exact) mass is 536 g/mol. The minimum absolute atomic E-state index is 0.0356. The summed E-state index contributed by atoms with van der Waals surface area (Å²) in [6, 6.07) is 4.52. The molecule has 6 unspecified atom stereocenters. The normalized spacial score (nSPS) is 23.7. The van der Waals surface area contributed by atoms with Crippen LogP contribution in [-0.4, -0.2) is 62.2 Å². The van der Waals surface area contributed by atoms with Gasteiger partial charge in [0.15, 0.2) is 11.6 Å². The number of rotatable bonds is 17. The van der Waals surface area contributed by atoms with Crippen LogP contribution in [0, 0.1) is 35.4 Å². The molecular weight excluding hydrogens is 487 g/mol. The molecule has 0 bridgehead atoms. The van der Waals surface area contributed by atoms with E-state index in [9.17, 15) is 14.3 Å². The molecule has 1 amide bonds. The van der Waals surface area contributed by atoms with Gasteiger partial charge in [-0.15, -0.1) is 0 Å². The predicted octanol–water partition coefficient (Wildman–Crippen LogP) is 4.09. The highest BCUT2D eigenvalue weighted by Crippen LogP contribution is 2.53. The number of benzene rings is 1. The molecule has 3 rings (SSSR count). The van der Waals surface area contributed by atoms with Crippen LogP contribution < -0.4 is 15.8 Å². The Balaban J connectivity index is 1.54. The number of fused-ring (bicyclic) bond motifs is 1. The Morgan fingerprint density at radius 2 is 2.00 bits per heavy atom. The highest BCUT2D eigenvalue weighted by atomic mass is 19.1. The number of aliphatic hydroxyl groups is 1. The summed E-state index contributed by atoms with van der Waals surface area (Å²) in [6.07, 6.45) is 3.62. The summed E-state index contributed by atoms with van der Waals surface area (Å²) in [7, 11) is 1.63. The predicted molar refractivity (Wildman–Crippen MR) is 146 cm³/mol. The molecule has 4 N–H and O–H groups in total. The van der Waals surface area contributed by atoms with Crippen molar-refractivity contribution in [1.82, 2.24) is 5.32 Å². The highest BCUT2D eigenvalue weighted by molar-refractivity contribution is 5.79. The molecular formula is C30H49FN2O5. The van der Waals surface area contributed by atoms with Crippen LogP contribution in [0.25, 0.3) is 0 Å². The van der Waals surface area contributed by atoms with Gasteiger partial charge in [-0.05, 0) is 73.5 Å². The van der Waals surface area contributed by atoms with Gasteiger partial charge in [0.05, 0.1) is 18.3 Å². The van der Waals surface area contributed by atoms with Crippen LogP contribution >= 0.6 is 0 Å².